The molecule has 4 nitrogen and oxygen atoms in total. The Kier molecular flexibility index (Phi) is 6.01. The molecule has 0 aromatic heterocycles. The fraction of sp³-hybridized carbons (Fsp3) is 1.00. The van der Waals surface area contributed by atoms with Crippen molar-refractivity contribution in [1.82, 2.24) is 0 Å². The van der Waals surface area contributed by atoms with E-state index in [0.29, 0.717) is 12.0 Å². The Hall–Kier alpha value is -0.160. The molecule has 2 saturated carbocycles. The maximum atomic E-state index is 6.74. The Morgan fingerprint density at radius 3 is 2.00 bits per heavy atom. The zero-order valence-corrected chi connectivity index (χ0v) is 15.8. The molecule has 4 rings (SSSR count). The summed E-state index contributed by atoms with van der Waals surface area (Å²) in [5.74, 6) is -0.0691. The van der Waals surface area contributed by atoms with Gasteiger partial charge in [-0.2, -0.15) is 0 Å². The molecule has 2 aliphatic carbocycles. The normalized spacial score (nSPS) is 36.5. The van der Waals surface area contributed by atoms with Gasteiger partial charge in [0.05, 0.1) is 25.9 Å². The molecule has 2 aliphatic heterocycles. The molecular formula is C21H36O4. The van der Waals surface area contributed by atoms with Crippen molar-refractivity contribution in [2.45, 2.75) is 108 Å². The summed E-state index contributed by atoms with van der Waals surface area (Å²) in [4.78, 5) is 0. The van der Waals surface area contributed by atoms with Crippen LogP contribution in [0, 0.1) is 5.92 Å². The van der Waals surface area contributed by atoms with Crippen molar-refractivity contribution < 1.29 is 18.9 Å². The van der Waals surface area contributed by atoms with Gasteiger partial charge in [0.1, 0.15) is 0 Å². The molecule has 4 aliphatic rings. The summed E-state index contributed by atoms with van der Waals surface area (Å²) in [6.45, 7) is 2.57. The SMILES string of the molecule is C1CCOC2(CCCC(C3CCCOC4(CCCCC4)O3)C2)OCC1. The van der Waals surface area contributed by atoms with Gasteiger partial charge < -0.3 is 18.9 Å². The summed E-state index contributed by atoms with van der Waals surface area (Å²) in [6.07, 6.45) is 16.6. The molecule has 0 bridgehead atoms. The van der Waals surface area contributed by atoms with E-state index in [-0.39, 0.29) is 11.6 Å². The Labute approximate surface area is 152 Å². The molecule has 0 aromatic rings. The van der Waals surface area contributed by atoms with Gasteiger partial charge in [0.2, 0.25) is 0 Å². The zero-order chi connectivity index (χ0) is 17.0. The molecule has 0 radical (unpaired) electrons. The highest BCUT2D eigenvalue weighted by atomic mass is 16.7. The van der Waals surface area contributed by atoms with Crippen molar-refractivity contribution >= 4 is 0 Å². The molecule has 2 saturated heterocycles. The number of hydrogen-bond donors (Lipinski definition) is 0. The fourth-order valence-electron chi connectivity index (χ4n) is 5.35. The molecule has 25 heavy (non-hydrogen) atoms. The Morgan fingerprint density at radius 2 is 1.20 bits per heavy atom. The van der Waals surface area contributed by atoms with Crippen LogP contribution in [0.1, 0.15) is 89.9 Å². The minimum atomic E-state index is -0.334. The number of ether oxygens (including phenoxy) is 4. The standard InChI is InChI=1S/C21H36O4/c1-3-11-20(12-4-1)22-16-8-10-19(25-20)18-9-7-13-21(17-18)23-14-5-2-6-15-24-21/h18-19H,1-17H2. The number of rotatable bonds is 1. The molecular weight excluding hydrogens is 316 g/mol. The van der Waals surface area contributed by atoms with Crippen molar-refractivity contribution in [3.63, 3.8) is 0 Å². The second-order valence-electron chi connectivity index (χ2n) is 8.64. The Balaban J connectivity index is 1.44. The van der Waals surface area contributed by atoms with E-state index in [0.717, 1.165) is 58.3 Å². The van der Waals surface area contributed by atoms with E-state index >= 15 is 0 Å². The third-order valence-corrected chi connectivity index (χ3v) is 6.73. The van der Waals surface area contributed by atoms with Crippen LogP contribution in [0.4, 0.5) is 0 Å². The van der Waals surface area contributed by atoms with Crippen molar-refractivity contribution in [3.05, 3.63) is 0 Å². The highest BCUT2D eigenvalue weighted by Gasteiger charge is 2.45. The van der Waals surface area contributed by atoms with Crippen LogP contribution in [-0.2, 0) is 18.9 Å². The molecule has 0 amide bonds. The van der Waals surface area contributed by atoms with Gasteiger partial charge in [0, 0.05) is 25.7 Å². The van der Waals surface area contributed by atoms with Gasteiger partial charge in [-0.05, 0) is 63.7 Å². The lowest BCUT2D eigenvalue weighted by Crippen LogP contribution is -2.47. The topological polar surface area (TPSA) is 36.9 Å². The summed E-state index contributed by atoms with van der Waals surface area (Å²) in [7, 11) is 0. The number of hydrogen-bond acceptors (Lipinski definition) is 4. The van der Waals surface area contributed by atoms with Gasteiger partial charge in [-0.15, -0.1) is 0 Å². The van der Waals surface area contributed by atoms with E-state index in [4.69, 9.17) is 18.9 Å². The summed E-state index contributed by atoms with van der Waals surface area (Å²) >= 11 is 0. The lowest BCUT2D eigenvalue weighted by molar-refractivity contribution is -0.293. The predicted molar refractivity (Wildman–Crippen MR) is 96.3 cm³/mol. The smallest absolute Gasteiger partial charge is 0.168 e. The largest absolute Gasteiger partial charge is 0.350 e. The van der Waals surface area contributed by atoms with Crippen LogP contribution in [0.5, 0.6) is 0 Å². The van der Waals surface area contributed by atoms with Gasteiger partial charge in [-0.3, -0.25) is 0 Å². The fourth-order valence-corrected chi connectivity index (χ4v) is 5.35. The van der Waals surface area contributed by atoms with E-state index in [2.05, 4.69) is 0 Å². The van der Waals surface area contributed by atoms with Crippen LogP contribution >= 0.6 is 0 Å². The maximum absolute atomic E-state index is 6.74. The summed E-state index contributed by atoms with van der Waals surface area (Å²) in [6, 6.07) is 0. The monoisotopic (exact) mass is 352 g/mol. The summed E-state index contributed by atoms with van der Waals surface area (Å²) in [5.41, 5.74) is 0. The first-order valence-corrected chi connectivity index (χ1v) is 10.9. The van der Waals surface area contributed by atoms with E-state index in [1.54, 1.807) is 0 Å². The van der Waals surface area contributed by atoms with E-state index in [9.17, 15) is 0 Å². The van der Waals surface area contributed by atoms with Crippen molar-refractivity contribution in [2.24, 2.45) is 5.92 Å². The molecule has 0 N–H and O–H groups in total. The van der Waals surface area contributed by atoms with Crippen LogP contribution in [0.15, 0.2) is 0 Å². The summed E-state index contributed by atoms with van der Waals surface area (Å²) in [5, 5.41) is 0. The average molecular weight is 353 g/mol. The summed E-state index contributed by atoms with van der Waals surface area (Å²) < 4.78 is 25.6. The van der Waals surface area contributed by atoms with E-state index < -0.39 is 0 Å². The minimum Gasteiger partial charge on any atom is -0.350 e. The highest BCUT2D eigenvalue weighted by molar-refractivity contribution is 4.89. The lowest BCUT2D eigenvalue weighted by Gasteiger charge is -2.45. The third kappa shape index (κ3) is 4.40. The van der Waals surface area contributed by atoms with Crippen LogP contribution < -0.4 is 0 Å². The molecule has 4 heteroatoms. The van der Waals surface area contributed by atoms with Gasteiger partial charge in [-0.1, -0.05) is 6.42 Å². The second kappa shape index (κ2) is 8.24. The first-order chi connectivity index (χ1) is 12.3. The van der Waals surface area contributed by atoms with Crippen LogP contribution in [-0.4, -0.2) is 37.5 Å². The van der Waals surface area contributed by atoms with Gasteiger partial charge >= 0.3 is 0 Å². The van der Waals surface area contributed by atoms with Gasteiger partial charge in [-0.25, -0.2) is 0 Å². The average Bonchev–Trinajstić information content (AvgIpc) is 2.82. The van der Waals surface area contributed by atoms with Crippen LogP contribution in [0.25, 0.3) is 0 Å². The van der Waals surface area contributed by atoms with Crippen LogP contribution in [0.2, 0.25) is 0 Å². The van der Waals surface area contributed by atoms with Crippen molar-refractivity contribution in [3.8, 4) is 0 Å². The molecule has 144 valence electrons. The zero-order valence-electron chi connectivity index (χ0n) is 15.8. The molecule has 2 unspecified atom stereocenters. The maximum Gasteiger partial charge on any atom is 0.168 e. The first-order valence-electron chi connectivity index (χ1n) is 10.9. The van der Waals surface area contributed by atoms with Gasteiger partial charge in [0.15, 0.2) is 11.6 Å². The predicted octanol–water partition coefficient (Wildman–Crippen LogP) is 4.95. The lowest BCUT2D eigenvalue weighted by atomic mass is 9.79. The molecule has 2 heterocycles. The quantitative estimate of drug-likeness (QED) is 0.669. The second-order valence-corrected chi connectivity index (χ2v) is 8.64. The van der Waals surface area contributed by atoms with Crippen LogP contribution in [0.3, 0.4) is 0 Å². The Bertz CT molecular complexity index is 410. The molecule has 4 fully saturated rings. The minimum absolute atomic E-state index is 0.285. The highest BCUT2D eigenvalue weighted by Crippen LogP contribution is 2.44. The van der Waals surface area contributed by atoms with E-state index in [1.165, 1.54) is 51.4 Å². The van der Waals surface area contributed by atoms with E-state index in [1.807, 2.05) is 0 Å². The third-order valence-electron chi connectivity index (χ3n) is 6.73. The molecule has 0 aromatic carbocycles. The molecule has 2 atom stereocenters. The van der Waals surface area contributed by atoms with Crippen molar-refractivity contribution in [1.29, 1.82) is 0 Å². The first kappa shape index (κ1) is 18.2. The van der Waals surface area contributed by atoms with Crippen molar-refractivity contribution in [2.75, 3.05) is 19.8 Å². The van der Waals surface area contributed by atoms with Gasteiger partial charge in [0.25, 0.3) is 0 Å². The Morgan fingerprint density at radius 1 is 0.560 bits per heavy atom. The molecule has 2 spiro atoms.